The fraction of sp³-hybridized carbons (Fsp3) is 1.00. The predicted octanol–water partition coefficient (Wildman–Crippen LogP) is 9.29. The molecular formula is C27H58N+. The molecular weight excluding hydrogens is 338 g/mol. The average molecular weight is 397 g/mol. The summed E-state index contributed by atoms with van der Waals surface area (Å²) in [5.74, 6) is 0. The van der Waals surface area contributed by atoms with Crippen molar-refractivity contribution < 1.29 is 4.48 Å². The molecule has 0 aliphatic heterocycles. The van der Waals surface area contributed by atoms with Crippen molar-refractivity contribution in [3.63, 3.8) is 0 Å². The first-order valence-corrected chi connectivity index (χ1v) is 13.5. The van der Waals surface area contributed by atoms with Gasteiger partial charge in [0.15, 0.2) is 0 Å². The van der Waals surface area contributed by atoms with E-state index in [4.69, 9.17) is 0 Å². The molecule has 0 radical (unpaired) electrons. The van der Waals surface area contributed by atoms with Gasteiger partial charge in [-0.05, 0) is 38.5 Å². The molecule has 1 nitrogen and oxygen atoms in total. The molecule has 0 bridgehead atoms. The third kappa shape index (κ3) is 19.3. The zero-order chi connectivity index (χ0) is 20.8. The van der Waals surface area contributed by atoms with Gasteiger partial charge < -0.3 is 4.48 Å². The fourth-order valence-corrected chi connectivity index (χ4v) is 4.51. The van der Waals surface area contributed by atoms with Crippen molar-refractivity contribution in [2.45, 2.75) is 149 Å². The van der Waals surface area contributed by atoms with Crippen LogP contribution in [0.3, 0.4) is 0 Å². The van der Waals surface area contributed by atoms with Crippen LogP contribution >= 0.6 is 0 Å². The molecule has 0 spiro atoms. The lowest BCUT2D eigenvalue weighted by Crippen LogP contribution is -2.46. The average Bonchev–Trinajstić information content (AvgIpc) is 2.69. The van der Waals surface area contributed by atoms with Gasteiger partial charge >= 0.3 is 0 Å². The van der Waals surface area contributed by atoms with Crippen LogP contribution < -0.4 is 0 Å². The Hall–Kier alpha value is -0.0400. The van der Waals surface area contributed by atoms with E-state index in [9.17, 15) is 0 Å². The van der Waals surface area contributed by atoms with Gasteiger partial charge in [-0.15, -0.1) is 0 Å². The van der Waals surface area contributed by atoms with E-state index < -0.39 is 0 Å². The van der Waals surface area contributed by atoms with Crippen molar-refractivity contribution in [2.24, 2.45) is 0 Å². The Kier molecular flexibility index (Phi) is 21.6. The number of rotatable bonds is 23. The third-order valence-corrected chi connectivity index (χ3v) is 6.65. The maximum absolute atomic E-state index is 2.57. The van der Waals surface area contributed by atoms with Crippen LogP contribution in [0.4, 0.5) is 0 Å². The summed E-state index contributed by atoms with van der Waals surface area (Å²) in [6, 6.07) is 0. The van der Waals surface area contributed by atoms with Crippen LogP contribution in [-0.4, -0.2) is 31.2 Å². The Bertz CT molecular complexity index is 270. The van der Waals surface area contributed by atoms with Crippen LogP contribution in [-0.2, 0) is 0 Å². The van der Waals surface area contributed by atoms with Crippen LogP contribution in [0.25, 0.3) is 0 Å². The van der Waals surface area contributed by atoms with Crippen LogP contribution in [0.1, 0.15) is 149 Å². The van der Waals surface area contributed by atoms with Crippen molar-refractivity contribution >= 4 is 0 Å². The molecule has 0 saturated carbocycles. The Morgan fingerprint density at radius 1 is 0.321 bits per heavy atom. The summed E-state index contributed by atoms with van der Waals surface area (Å²) in [6.45, 7) is 11.2. The summed E-state index contributed by atoms with van der Waals surface area (Å²) in [5, 5.41) is 0. The van der Waals surface area contributed by atoms with Gasteiger partial charge in [-0.25, -0.2) is 0 Å². The summed E-state index contributed by atoms with van der Waals surface area (Å²) in [4.78, 5) is 0. The van der Waals surface area contributed by atoms with E-state index in [1.54, 1.807) is 0 Å². The normalized spacial score (nSPS) is 12.0. The van der Waals surface area contributed by atoms with Crippen molar-refractivity contribution in [1.82, 2.24) is 0 Å². The highest BCUT2D eigenvalue weighted by Crippen LogP contribution is 2.16. The Morgan fingerprint density at radius 3 is 0.786 bits per heavy atom. The molecule has 0 aliphatic carbocycles. The number of unbranched alkanes of at least 4 members (excludes halogenated alkanes) is 17. The maximum atomic E-state index is 2.57. The first-order valence-electron chi connectivity index (χ1n) is 13.5. The van der Waals surface area contributed by atoms with Crippen molar-refractivity contribution in [1.29, 1.82) is 0 Å². The molecule has 0 amide bonds. The highest BCUT2D eigenvalue weighted by Gasteiger charge is 2.20. The van der Waals surface area contributed by atoms with Gasteiger partial charge in [0.25, 0.3) is 0 Å². The monoisotopic (exact) mass is 396 g/mol. The highest BCUT2D eigenvalue weighted by molar-refractivity contribution is 4.51. The number of hydrogen-bond donors (Lipinski definition) is 0. The third-order valence-electron chi connectivity index (χ3n) is 6.65. The van der Waals surface area contributed by atoms with E-state index in [1.165, 1.54) is 153 Å². The van der Waals surface area contributed by atoms with Crippen LogP contribution in [0.15, 0.2) is 0 Å². The summed E-state index contributed by atoms with van der Waals surface area (Å²) < 4.78 is 1.36. The van der Waals surface area contributed by atoms with Crippen molar-refractivity contribution in [3.8, 4) is 0 Å². The second-order valence-corrected chi connectivity index (χ2v) is 9.80. The zero-order valence-electron chi connectivity index (χ0n) is 20.7. The summed E-state index contributed by atoms with van der Waals surface area (Å²) in [7, 11) is 2.57. The largest absolute Gasteiger partial charge is 0.326 e. The lowest BCUT2D eigenvalue weighted by atomic mass is 10.1. The second-order valence-electron chi connectivity index (χ2n) is 9.80. The lowest BCUT2D eigenvalue weighted by molar-refractivity contribution is -0.910. The first kappa shape index (κ1) is 28.0. The van der Waals surface area contributed by atoms with Gasteiger partial charge in [0, 0.05) is 0 Å². The van der Waals surface area contributed by atoms with E-state index in [2.05, 4.69) is 27.8 Å². The van der Waals surface area contributed by atoms with Gasteiger partial charge in [-0.3, -0.25) is 0 Å². The molecule has 0 aliphatic rings. The molecule has 0 aromatic heterocycles. The van der Waals surface area contributed by atoms with E-state index in [1.807, 2.05) is 0 Å². The highest BCUT2D eigenvalue weighted by atomic mass is 15.3. The minimum absolute atomic E-state index is 1.36. The van der Waals surface area contributed by atoms with Gasteiger partial charge in [0.2, 0.25) is 0 Å². The molecule has 0 atom stereocenters. The molecule has 0 aromatic carbocycles. The smallest absolute Gasteiger partial charge is 0.0784 e. The summed E-state index contributed by atoms with van der Waals surface area (Å²) >= 11 is 0. The SMILES string of the molecule is CCCCCCCCCC[N+](C)(CCCCCCCC)CCCCCCCC. The molecule has 0 heterocycles. The van der Waals surface area contributed by atoms with Gasteiger partial charge in [-0.2, -0.15) is 0 Å². The minimum atomic E-state index is 1.36. The number of quaternary nitrogens is 1. The molecule has 0 aromatic rings. The minimum Gasteiger partial charge on any atom is -0.326 e. The van der Waals surface area contributed by atoms with Crippen LogP contribution in [0.2, 0.25) is 0 Å². The van der Waals surface area contributed by atoms with Crippen molar-refractivity contribution in [2.75, 3.05) is 26.7 Å². The van der Waals surface area contributed by atoms with Gasteiger partial charge in [0.1, 0.15) is 0 Å². The molecule has 0 fully saturated rings. The molecule has 0 rings (SSSR count). The molecule has 0 saturated heterocycles. The van der Waals surface area contributed by atoms with E-state index in [-0.39, 0.29) is 0 Å². The zero-order valence-corrected chi connectivity index (χ0v) is 20.7. The standard InChI is InChI=1S/C27H58N/c1-5-8-11-14-17-18-21-24-27-28(4,25-22-19-15-12-9-6-2)26-23-20-16-13-10-7-3/h5-27H2,1-4H3/q+1. The summed E-state index contributed by atoms with van der Waals surface area (Å²) in [5.41, 5.74) is 0. The summed E-state index contributed by atoms with van der Waals surface area (Å²) in [6.07, 6.45) is 28.8. The first-order chi connectivity index (χ1) is 13.7. The second kappa shape index (κ2) is 21.7. The van der Waals surface area contributed by atoms with Crippen LogP contribution in [0.5, 0.6) is 0 Å². The number of nitrogens with zero attached hydrogens (tertiary/aromatic N) is 1. The van der Waals surface area contributed by atoms with Crippen molar-refractivity contribution in [3.05, 3.63) is 0 Å². The van der Waals surface area contributed by atoms with Gasteiger partial charge in [-0.1, -0.05) is 111 Å². The Morgan fingerprint density at radius 2 is 0.536 bits per heavy atom. The maximum Gasteiger partial charge on any atom is 0.0784 e. The quantitative estimate of drug-likeness (QED) is 0.119. The van der Waals surface area contributed by atoms with Gasteiger partial charge in [0.05, 0.1) is 26.7 Å². The number of hydrogen-bond acceptors (Lipinski definition) is 0. The molecule has 170 valence electrons. The Balaban J connectivity index is 4.01. The predicted molar refractivity (Wildman–Crippen MR) is 130 cm³/mol. The van der Waals surface area contributed by atoms with E-state index in [0.29, 0.717) is 0 Å². The molecule has 0 N–H and O–H groups in total. The molecule has 28 heavy (non-hydrogen) atoms. The van der Waals surface area contributed by atoms with E-state index >= 15 is 0 Å². The molecule has 0 unspecified atom stereocenters. The van der Waals surface area contributed by atoms with E-state index in [0.717, 1.165) is 0 Å². The fourth-order valence-electron chi connectivity index (χ4n) is 4.51. The van der Waals surface area contributed by atoms with Crippen LogP contribution in [0, 0.1) is 0 Å². The Labute approximate surface area is 180 Å². The lowest BCUT2D eigenvalue weighted by Gasteiger charge is -2.35. The molecule has 1 heteroatoms. The topological polar surface area (TPSA) is 0 Å².